The maximum absolute atomic E-state index is 13.4. The van der Waals surface area contributed by atoms with E-state index in [-0.39, 0.29) is 25.5 Å². The summed E-state index contributed by atoms with van der Waals surface area (Å²) in [7, 11) is 1.61. The van der Waals surface area contributed by atoms with E-state index in [1.807, 2.05) is 0 Å². The Bertz CT molecular complexity index is 1170. The van der Waals surface area contributed by atoms with Crippen LogP contribution in [0.1, 0.15) is 84.7 Å². The van der Waals surface area contributed by atoms with E-state index in [9.17, 15) is 9.59 Å². The number of amides is 1. The third-order valence-electron chi connectivity index (χ3n) is 7.58. The van der Waals surface area contributed by atoms with Gasteiger partial charge in [-0.25, -0.2) is 0 Å². The average Bonchev–Trinajstić information content (AvgIpc) is 3.81. The van der Waals surface area contributed by atoms with Gasteiger partial charge in [-0.1, -0.05) is 47.8 Å². The Morgan fingerprint density at radius 2 is 1.87 bits per heavy atom. The fraction of sp³-hybridized carbons (Fsp3) is 0.533. The van der Waals surface area contributed by atoms with Crippen LogP contribution in [-0.4, -0.2) is 36.1 Å². The number of carbonyl (C=O) groups excluding carboxylic acids is 2. The number of ketones is 1. The number of hydrogen-bond donors (Lipinski definition) is 2. The molecule has 1 aromatic heterocycles. The van der Waals surface area contributed by atoms with Crippen LogP contribution in [0.15, 0.2) is 29.4 Å². The molecule has 1 aromatic carbocycles. The monoisotopic (exact) mass is 540 g/mol. The van der Waals surface area contributed by atoms with Crippen LogP contribution in [0.3, 0.4) is 0 Å². The number of benzene rings is 1. The van der Waals surface area contributed by atoms with E-state index in [1.54, 1.807) is 18.4 Å². The molecule has 3 aliphatic carbocycles. The Morgan fingerprint density at radius 3 is 2.50 bits per heavy atom. The van der Waals surface area contributed by atoms with Gasteiger partial charge in [-0.3, -0.25) is 14.4 Å². The van der Waals surface area contributed by atoms with Gasteiger partial charge in [0.25, 0.3) is 6.47 Å². The van der Waals surface area contributed by atoms with E-state index in [0.717, 1.165) is 73.6 Å². The summed E-state index contributed by atoms with van der Waals surface area (Å²) < 4.78 is 0. The number of anilines is 1. The highest BCUT2D eigenvalue weighted by molar-refractivity contribution is 7.17. The largest absolute Gasteiger partial charge is 0.483 e. The number of rotatable bonds is 11. The number of carbonyl (C=O) groups is 3. The standard InChI is InChI=1S/C29H36N2O3S.CH2O2.H2/c1-18-3-5-20(6-4-18)15-23(31-34-2)16-21-10-14-26-24(17-21)27(25(32)13-9-19-7-8-19)29(35-26)30-28(33)22-11-12-22;2-1-3;/h3-6,19,21-22H,7-17H2,1-2H3,(H,30,33);1H,(H,2,3);1H. The van der Waals surface area contributed by atoms with Crippen molar-refractivity contribution in [2.75, 3.05) is 12.4 Å². The molecule has 2 N–H and O–H groups in total. The Hall–Kier alpha value is -3.00. The minimum atomic E-state index is -0.250. The van der Waals surface area contributed by atoms with Crippen molar-refractivity contribution < 1.29 is 25.8 Å². The highest BCUT2D eigenvalue weighted by Crippen LogP contribution is 2.43. The zero-order valence-corrected chi connectivity index (χ0v) is 23.1. The fourth-order valence-electron chi connectivity index (χ4n) is 5.19. The van der Waals surface area contributed by atoms with Gasteiger partial charge in [0.2, 0.25) is 5.91 Å². The zero-order valence-electron chi connectivity index (χ0n) is 22.3. The van der Waals surface area contributed by atoms with E-state index in [4.69, 9.17) is 14.7 Å². The van der Waals surface area contributed by atoms with Crippen LogP contribution < -0.4 is 5.32 Å². The second-order valence-corrected chi connectivity index (χ2v) is 11.9. The van der Waals surface area contributed by atoms with Crippen molar-refractivity contribution in [3.8, 4) is 0 Å². The fourth-order valence-corrected chi connectivity index (χ4v) is 6.45. The molecule has 5 rings (SSSR count). The van der Waals surface area contributed by atoms with Crippen molar-refractivity contribution in [2.24, 2.45) is 22.9 Å². The van der Waals surface area contributed by atoms with Crippen molar-refractivity contribution in [1.82, 2.24) is 0 Å². The summed E-state index contributed by atoms with van der Waals surface area (Å²) in [6.45, 7) is 1.85. The molecular weight excluding hydrogens is 500 g/mol. The van der Waals surface area contributed by atoms with Gasteiger partial charge in [0, 0.05) is 25.1 Å². The molecule has 3 aliphatic rings. The van der Waals surface area contributed by atoms with Crippen LogP contribution in [0.5, 0.6) is 0 Å². The van der Waals surface area contributed by atoms with Gasteiger partial charge in [0.05, 0.1) is 11.3 Å². The number of hydrogen-bond acceptors (Lipinski definition) is 6. The molecule has 0 saturated heterocycles. The van der Waals surface area contributed by atoms with Crippen LogP contribution in [0.2, 0.25) is 0 Å². The molecule has 7 nitrogen and oxygen atoms in total. The molecule has 2 saturated carbocycles. The van der Waals surface area contributed by atoms with Crippen molar-refractivity contribution in [3.05, 3.63) is 51.4 Å². The van der Waals surface area contributed by atoms with Crippen LogP contribution in [-0.2, 0) is 33.7 Å². The Morgan fingerprint density at radius 1 is 1.16 bits per heavy atom. The van der Waals surface area contributed by atoms with Crippen LogP contribution in [0.25, 0.3) is 0 Å². The van der Waals surface area contributed by atoms with Gasteiger partial charge in [0.1, 0.15) is 12.1 Å². The molecular formula is C30H40N2O5S. The molecule has 1 unspecified atom stereocenters. The van der Waals surface area contributed by atoms with Crippen LogP contribution >= 0.6 is 11.3 Å². The first-order valence-corrected chi connectivity index (χ1v) is 14.4. The normalized spacial score (nSPS) is 18.6. The summed E-state index contributed by atoms with van der Waals surface area (Å²) in [6.07, 6.45) is 10.5. The molecule has 38 heavy (non-hydrogen) atoms. The topological polar surface area (TPSA) is 105 Å². The van der Waals surface area contributed by atoms with Gasteiger partial charge < -0.3 is 15.3 Å². The Balaban J connectivity index is 0.00000101. The summed E-state index contributed by atoms with van der Waals surface area (Å²) in [6, 6.07) is 8.58. The van der Waals surface area contributed by atoms with Gasteiger partial charge in [-0.15, -0.1) is 11.3 Å². The summed E-state index contributed by atoms with van der Waals surface area (Å²) in [5.74, 6) is 1.57. The number of oxime groups is 1. The number of Topliss-reactive ketones (excluding diaryl/α,β-unsaturated/α-hetero) is 1. The lowest BCUT2D eigenvalue weighted by molar-refractivity contribution is -0.123. The first-order chi connectivity index (χ1) is 18.4. The second-order valence-electron chi connectivity index (χ2n) is 10.8. The number of aryl methyl sites for hydroxylation is 2. The maximum atomic E-state index is 13.4. The maximum Gasteiger partial charge on any atom is 0.290 e. The minimum absolute atomic E-state index is 0. The van der Waals surface area contributed by atoms with Gasteiger partial charge in [-0.05, 0) is 74.8 Å². The summed E-state index contributed by atoms with van der Waals surface area (Å²) in [5.41, 5.74) is 5.53. The number of fused-ring (bicyclic) bond motifs is 1. The predicted molar refractivity (Wildman–Crippen MR) is 152 cm³/mol. The molecule has 1 heterocycles. The molecule has 8 heteroatoms. The summed E-state index contributed by atoms with van der Waals surface area (Å²) in [5, 5.41) is 15.2. The number of thiophene rings is 1. The molecule has 0 radical (unpaired) electrons. The Labute approximate surface area is 230 Å². The molecule has 2 fully saturated rings. The average molecular weight is 541 g/mol. The quantitative estimate of drug-likeness (QED) is 0.147. The molecule has 1 atom stereocenters. The lowest BCUT2D eigenvalue weighted by Crippen LogP contribution is -2.20. The molecule has 2 aromatic rings. The molecule has 0 spiro atoms. The first-order valence-electron chi connectivity index (χ1n) is 13.6. The van der Waals surface area contributed by atoms with Gasteiger partial charge in [-0.2, -0.15) is 0 Å². The van der Waals surface area contributed by atoms with E-state index in [1.165, 1.54) is 34.4 Å². The van der Waals surface area contributed by atoms with Gasteiger partial charge in [0.15, 0.2) is 5.78 Å². The first kappa shape index (κ1) is 28.0. The number of nitrogens with one attached hydrogen (secondary N) is 1. The van der Waals surface area contributed by atoms with Crippen molar-refractivity contribution in [1.29, 1.82) is 0 Å². The third kappa shape index (κ3) is 7.76. The number of carboxylic acid groups (broad SMARTS) is 1. The van der Waals surface area contributed by atoms with Gasteiger partial charge >= 0.3 is 0 Å². The third-order valence-corrected chi connectivity index (χ3v) is 8.78. The van der Waals surface area contributed by atoms with E-state index >= 15 is 0 Å². The molecule has 0 aliphatic heterocycles. The van der Waals surface area contributed by atoms with E-state index in [2.05, 4.69) is 41.7 Å². The highest BCUT2D eigenvalue weighted by Gasteiger charge is 2.34. The predicted octanol–water partition coefficient (Wildman–Crippen LogP) is 6.46. The van der Waals surface area contributed by atoms with E-state index in [0.29, 0.717) is 12.3 Å². The summed E-state index contributed by atoms with van der Waals surface area (Å²) >= 11 is 1.64. The molecule has 0 bridgehead atoms. The SMILES string of the molecule is CON=C(Cc1ccc(C)cc1)CC1CCc2sc(NC(=O)C3CC3)c(C(=O)CCC3CC3)c2C1.O=CO.[HH]. The summed E-state index contributed by atoms with van der Waals surface area (Å²) in [4.78, 5) is 40.8. The smallest absolute Gasteiger partial charge is 0.290 e. The lowest BCUT2D eigenvalue weighted by atomic mass is 9.81. The van der Waals surface area contributed by atoms with Crippen LogP contribution in [0, 0.1) is 24.7 Å². The zero-order chi connectivity index (χ0) is 27.1. The minimum Gasteiger partial charge on any atom is -0.483 e. The molecule has 1 amide bonds. The Kier molecular flexibility index (Phi) is 9.72. The number of nitrogens with zero attached hydrogens (tertiary/aromatic N) is 1. The van der Waals surface area contributed by atoms with Crippen molar-refractivity contribution in [2.45, 2.75) is 77.6 Å². The van der Waals surface area contributed by atoms with Crippen molar-refractivity contribution >= 4 is 40.2 Å². The second kappa shape index (κ2) is 13.2. The van der Waals surface area contributed by atoms with E-state index < -0.39 is 0 Å². The van der Waals surface area contributed by atoms with Crippen molar-refractivity contribution in [3.63, 3.8) is 0 Å². The highest BCUT2D eigenvalue weighted by atomic mass is 32.1. The molecule has 206 valence electrons. The lowest BCUT2D eigenvalue weighted by Gasteiger charge is -2.23. The van der Waals surface area contributed by atoms with Crippen LogP contribution in [0.4, 0.5) is 5.00 Å².